The molecule has 2 saturated heterocycles. The van der Waals surface area contributed by atoms with Crippen LogP contribution >= 0.6 is 0 Å². The van der Waals surface area contributed by atoms with Crippen molar-refractivity contribution in [3.05, 3.63) is 29.8 Å². The van der Waals surface area contributed by atoms with Crippen LogP contribution in [0.2, 0.25) is 0 Å². The first-order valence-electron chi connectivity index (χ1n) is 10.6. The molecular weight excluding hydrogens is 386 g/mol. The van der Waals surface area contributed by atoms with Gasteiger partial charge in [0.15, 0.2) is 0 Å². The maximum Gasteiger partial charge on any atom is 0.258 e. The lowest BCUT2D eigenvalue weighted by atomic mass is 9.92. The zero-order valence-corrected chi connectivity index (χ0v) is 17.3. The molecular formula is C22H29N3O5. The van der Waals surface area contributed by atoms with Gasteiger partial charge in [-0.25, -0.2) is 0 Å². The van der Waals surface area contributed by atoms with E-state index >= 15 is 0 Å². The van der Waals surface area contributed by atoms with E-state index in [1.165, 1.54) is 0 Å². The largest absolute Gasteiger partial charge is 0.484 e. The van der Waals surface area contributed by atoms with Crippen molar-refractivity contribution >= 4 is 17.7 Å². The molecule has 1 aromatic rings. The van der Waals surface area contributed by atoms with E-state index in [4.69, 9.17) is 15.2 Å². The monoisotopic (exact) mass is 415 g/mol. The Morgan fingerprint density at radius 2 is 1.83 bits per heavy atom. The van der Waals surface area contributed by atoms with Gasteiger partial charge in [-0.05, 0) is 31.9 Å². The number of nitrogens with two attached hydrogens (primary N) is 1. The van der Waals surface area contributed by atoms with Crippen LogP contribution in [0.15, 0.2) is 24.3 Å². The Kier molecular flexibility index (Phi) is 5.69. The van der Waals surface area contributed by atoms with Crippen molar-refractivity contribution in [1.82, 2.24) is 9.80 Å². The zero-order valence-electron chi connectivity index (χ0n) is 17.3. The number of benzene rings is 1. The number of ether oxygens (including phenoxy) is 2. The van der Waals surface area contributed by atoms with E-state index in [1.807, 2.05) is 12.1 Å². The number of piperidine rings is 1. The number of hydrogen-bond acceptors (Lipinski definition) is 5. The zero-order chi connectivity index (χ0) is 21.3. The van der Waals surface area contributed by atoms with Crippen LogP contribution in [0.4, 0.5) is 0 Å². The molecule has 3 aliphatic rings. The second-order valence-corrected chi connectivity index (χ2v) is 8.50. The number of likely N-dealkylation sites (tertiary alicyclic amines) is 1. The van der Waals surface area contributed by atoms with Crippen molar-refractivity contribution < 1.29 is 23.9 Å². The minimum atomic E-state index is -0.628. The SMILES string of the molecule is CC(C(=O)N1CCC(C(N)=O)CC1)N1CC2(CCOCC2)Oc2ccccc2C1=O. The van der Waals surface area contributed by atoms with Gasteiger partial charge in [-0.2, -0.15) is 0 Å². The van der Waals surface area contributed by atoms with Crippen LogP contribution in [0.25, 0.3) is 0 Å². The summed E-state index contributed by atoms with van der Waals surface area (Å²) in [6.45, 7) is 4.20. The Balaban J connectivity index is 1.57. The van der Waals surface area contributed by atoms with Gasteiger partial charge >= 0.3 is 0 Å². The molecule has 4 rings (SSSR count). The molecule has 0 bridgehead atoms. The number of amides is 3. The van der Waals surface area contributed by atoms with Crippen LogP contribution in [0, 0.1) is 5.92 Å². The summed E-state index contributed by atoms with van der Waals surface area (Å²) in [7, 11) is 0. The Labute approximate surface area is 176 Å². The van der Waals surface area contributed by atoms with Crippen molar-refractivity contribution in [3.8, 4) is 5.75 Å². The van der Waals surface area contributed by atoms with E-state index in [0.717, 1.165) is 0 Å². The van der Waals surface area contributed by atoms with Crippen molar-refractivity contribution in [2.45, 2.75) is 44.2 Å². The molecule has 2 N–H and O–H groups in total. The molecule has 8 heteroatoms. The number of para-hydroxylation sites is 1. The van der Waals surface area contributed by atoms with E-state index < -0.39 is 11.6 Å². The number of hydrogen-bond donors (Lipinski definition) is 1. The lowest BCUT2D eigenvalue weighted by Gasteiger charge is -2.41. The quantitative estimate of drug-likeness (QED) is 0.799. The average molecular weight is 415 g/mol. The molecule has 162 valence electrons. The predicted molar refractivity (Wildman–Crippen MR) is 109 cm³/mol. The standard InChI is InChI=1S/C22H29N3O5/c1-15(20(27)24-10-6-16(7-11-24)19(23)26)25-14-22(8-12-29-13-9-22)30-18-5-3-2-4-17(18)21(25)28/h2-5,15-16H,6-14H2,1H3,(H2,23,26). The van der Waals surface area contributed by atoms with Gasteiger partial charge < -0.3 is 25.0 Å². The lowest BCUT2D eigenvalue weighted by molar-refractivity contribution is -0.139. The Morgan fingerprint density at radius 3 is 2.50 bits per heavy atom. The number of primary amides is 1. The van der Waals surface area contributed by atoms with Crippen molar-refractivity contribution in [3.63, 3.8) is 0 Å². The molecule has 3 amide bonds. The molecule has 30 heavy (non-hydrogen) atoms. The molecule has 1 unspecified atom stereocenters. The lowest BCUT2D eigenvalue weighted by Crippen LogP contribution is -2.57. The highest BCUT2D eigenvalue weighted by molar-refractivity contribution is 6.00. The first kappa shape index (κ1) is 20.7. The summed E-state index contributed by atoms with van der Waals surface area (Å²) in [6, 6.07) is 6.60. The molecule has 3 heterocycles. The molecule has 0 aromatic heterocycles. The van der Waals surface area contributed by atoms with E-state index in [1.54, 1.807) is 28.9 Å². The van der Waals surface area contributed by atoms with Crippen molar-refractivity contribution in [2.75, 3.05) is 32.8 Å². The highest BCUT2D eigenvalue weighted by atomic mass is 16.5. The summed E-state index contributed by atoms with van der Waals surface area (Å²) in [4.78, 5) is 41.5. The van der Waals surface area contributed by atoms with Crippen LogP contribution in [-0.2, 0) is 14.3 Å². The molecule has 1 spiro atoms. The minimum Gasteiger partial charge on any atom is -0.484 e. The third-order valence-corrected chi connectivity index (χ3v) is 6.60. The highest BCUT2D eigenvalue weighted by Crippen LogP contribution is 2.36. The maximum atomic E-state index is 13.4. The maximum absolute atomic E-state index is 13.4. The van der Waals surface area contributed by atoms with Gasteiger partial charge in [0.1, 0.15) is 17.4 Å². The normalized spacial score (nSPS) is 22.8. The third-order valence-electron chi connectivity index (χ3n) is 6.60. The fourth-order valence-electron chi connectivity index (χ4n) is 4.63. The predicted octanol–water partition coefficient (Wildman–Crippen LogP) is 1.18. The van der Waals surface area contributed by atoms with Gasteiger partial charge in [0, 0.05) is 31.8 Å². The second kappa shape index (κ2) is 8.26. The van der Waals surface area contributed by atoms with Gasteiger partial charge in [-0.15, -0.1) is 0 Å². The van der Waals surface area contributed by atoms with Gasteiger partial charge in [-0.3, -0.25) is 14.4 Å². The molecule has 0 aliphatic carbocycles. The second-order valence-electron chi connectivity index (χ2n) is 8.50. The van der Waals surface area contributed by atoms with Crippen LogP contribution in [0.5, 0.6) is 5.75 Å². The Morgan fingerprint density at radius 1 is 1.17 bits per heavy atom. The summed E-state index contributed by atoms with van der Waals surface area (Å²) in [6.07, 6.45) is 2.45. The first-order valence-corrected chi connectivity index (χ1v) is 10.6. The van der Waals surface area contributed by atoms with E-state index in [9.17, 15) is 14.4 Å². The number of rotatable bonds is 3. The molecule has 3 aliphatic heterocycles. The van der Waals surface area contributed by atoms with Gasteiger partial charge in [-0.1, -0.05) is 12.1 Å². The first-order chi connectivity index (χ1) is 14.4. The third kappa shape index (κ3) is 3.88. The van der Waals surface area contributed by atoms with Crippen LogP contribution in [0.1, 0.15) is 43.0 Å². The molecule has 0 saturated carbocycles. The van der Waals surface area contributed by atoms with Gasteiger partial charge in [0.2, 0.25) is 11.8 Å². The Hall–Kier alpha value is -2.61. The van der Waals surface area contributed by atoms with Crippen LogP contribution in [-0.4, -0.2) is 72.0 Å². The number of nitrogens with zero attached hydrogens (tertiary/aromatic N) is 2. The van der Waals surface area contributed by atoms with Crippen LogP contribution < -0.4 is 10.5 Å². The fraction of sp³-hybridized carbons (Fsp3) is 0.591. The highest BCUT2D eigenvalue weighted by Gasteiger charge is 2.45. The fourth-order valence-corrected chi connectivity index (χ4v) is 4.63. The topological polar surface area (TPSA) is 102 Å². The summed E-state index contributed by atoms with van der Waals surface area (Å²) in [5, 5.41) is 0. The van der Waals surface area contributed by atoms with E-state index in [0.29, 0.717) is 69.8 Å². The van der Waals surface area contributed by atoms with Crippen LogP contribution in [0.3, 0.4) is 0 Å². The van der Waals surface area contributed by atoms with Crippen molar-refractivity contribution in [2.24, 2.45) is 11.7 Å². The van der Waals surface area contributed by atoms with Gasteiger partial charge in [0.25, 0.3) is 5.91 Å². The smallest absolute Gasteiger partial charge is 0.258 e. The van der Waals surface area contributed by atoms with Crippen molar-refractivity contribution in [1.29, 1.82) is 0 Å². The van der Waals surface area contributed by atoms with E-state index in [-0.39, 0.29) is 23.6 Å². The minimum absolute atomic E-state index is 0.104. The molecule has 1 aromatic carbocycles. The molecule has 2 fully saturated rings. The molecule has 8 nitrogen and oxygen atoms in total. The Bertz CT molecular complexity index is 828. The summed E-state index contributed by atoms with van der Waals surface area (Å²) in [5.74, 6) is -0.230. The summed E-state index contributed by atoms with van der Waals surface area (Å²) >= 11 is 0. The summed E-state index contributed by atoms with van der Waals surface area (Å²) < 4.78 is 11.9. The summed E-state index contributed by atoms with van der Waals surface area (Å²) in [5.41, 5.74) is 5.32. The molecule has 1 atom stereocenters. The van der Waals surface area contributed by atoms with E-state index in [2.05, 4.69) is 0 Å². The average Bonchev–Trinajstić information content (AvgIpc) is 2.88. The van der Waals surface area contributed by atoms with Gasteiger partial charge in [0.05, 0.1) is 25.3 Å². The number of carbonyl (C=O) groups is 3. The number of fused-ring (bicyclic) bond motifs is 1. The number of carbonyl (C=O) groups excluding carboxylic acids is 3. The molecule has 0 radical (unpaired) electrons.